The number of benzene rings is 2. The zero-order valence-corrected chi connectivity index (χ0v) is 16.0. The molecule has 0 radical (unpaired) electrons. The van der Waals surface area contributed by atoms with Crippen LogP contribution in [0.15, 0.2) is 69.5 Å². The van der Waals surface area contributed by atoms with E-state index in [4.69, 9.17) is 8.83 Å². The molecular formula is C24H24O3. The Bertz CT molecular complexity index is 1070. The van der Waals surface area contributed by atoms with Crippen LogP contribution in [0.5, 0.6) is 0 Å². The predicted octanol–water partition coefficient (Wildman–Crippen LogP) is 6.15. The van der Waals surface area contributed by atoms with Crippen molar-refractivity contribution in [2.45, 2.75) is 39.2 Å². The number of hydrogen-bond acceptors (Lipinski definition) is 3. The van der Waals surface area contributed by atoms with Crippen molar-refractivity contribution in [3.8, 4) is 11.3 Å². The number of hydrogen-bond donors (Lipinski definition) is 1. The second kappa shape index (κ2) is 6.75. The maximum atomic E-state index is 11.0. The molecule has 0 spiro atoms. The summed E-state index contributed by atoms with van der Waals surface area (Å²) in [7, 11) is 0. The molecule has 138 valence electrons. The third-order valence-electron chi connectivity index (χ3n) is 5.14. The molecule has 4 aromatic rings. The summed E-state index contributed by atoms with van der Waals surface area (Å²) in [5.74, 6) is 2.53. The van der Waals surface area contributed by atoms with E-state index in [0.717, 1.165) is 39.4 Å². The molecule has 0 saturated carbocycles. The van der Waals surface area contributed by atoms with Crippen LogP contribution < -0.4 is 0 Å². The highest BCUT2D eigenvalue weighted by Crippen LogP contribution is 2.38. The topological polar surface area (TPSA) is 46.5 Å². The zero-order chi connectivity index (χ0) is 19.0. The maximum Gasteiger partial charge on any atom is 0.138 e. The summed E-state index contributed by atoms with van der Waals surface area (Å²) in [6, 6.07) is 19.9. The van der Waals surface area contributed by atoms with Crippen molar-refractivity contribution >= 4 is 11.0 Å². The van der Waals surface area contributed by atoms with E-state index >= 15 is 0 Å². The molecule has 0 bridgehead atoms. The zero-order valence-electron chi connectivity index (χ0n) is 16.0. The Morgan fingerprint density at radius 3 is 2.41 bits per heavy atom. The first-order valence-electron chi connectivity index (χ1n) is 9.31. The first-order valence-corrected chi connectivity index (χ1v) is 9.31. The Morgan fingerprint density at radius 2 is 1.70 bits per heavy atom. The minimum absolute atomic E-state index is 0.558. The molecule has 0 amide bonds. The van der Waals surface area contributed by atoms with E-state index in [1.54, 1.807) is 0 Å². The molecule has 4 rings (SSSR count). The van der Waals surface area contributed by atoms with Crippen molar-refractivity contribution in [3.63, 3.8) is 0 Å². The normalized spacial score (nSPS) is 13.8. The van der Waals surface area contributed by atoms with E-state index < -0.39 is 5.60 Å². The summed E-state index contributed by atoms with van der Waals surface area (Å²) < 4.78 is 12.1. The summed E-state index contributed by atoms with van der Waals surface area (Å²) in [5.41, 5.74) is 3.00. The highest BCUT2D eigenvalue weighted by atomic mass is 16.4. The molecule has 0 aliphatic carbocycles. The van der Waals surface area contributed by atoms with E-state index in [1.165, 1.54) is 5.56 Å². The fourth-order valence-electron chi connectivity index (χ4n) is 3.58. The minimum atomic E-state index is -0.924. The molecule has 0 saturated heterocycles. The van der Waals surface area contributed by atoms with Crippen molar-refractivity contribution < 1.29 is 13.9 Å². The van der Waals surface area contributed by atoms with Crippen LogP contribution in [0.3, 0.4) is 0 Å². The van der Waals surface area contributed by atoms with Crippen LogP contribution in [-0.4, -0.2) is 5.11 Å². The smallest absolute Gasteiger partial charge is 0.138 e. The van der Waals surface area contributed by atoms with Crippen molar-refractivity contribution in [1.82, 2.24) is 0 Å². The van der Waals surface area contributed by atoms with Gasteiger partial charge in [-0.05, 0) is 57.0 Å². The Hall–Kier alpha value is -2.78. The molecule has 2 aromatic carbocycles. The number of furan rings is 2. The van der Waals surface area contributed by atoms with E-state index in [2.05, 4.69) is 13.0 Å². The second-order valence-electron chi connectivity index (χ2n) is 7.45. The lowest BCUT2D eigenvalue weighted by atomic mass is 9.90. The molecule has 27 heavy (non-hydrogen) atoms. The summed E-state index contributed by atoms with van der Waals surface area (Å²) in [4.78, 5) is 0. The van der Waals surface area contributed by atoms with Crippen LogP contribution in [0, 0.1) is 13.8 Å². The van der Waals surface area contributed by atoms with Gasteiger partial charge in [0.1, 0.15) is 22.9 Å². The molecule has 3 heteroatoms. The van der Waals surface area contributed by atoms with E-state index in [9.17, 15) is 5.11 Å². The van der Waals surface area contributed by atoms with E-state index in [0.29, 0.717) is 12.8 Å². The Balaban J connectivity index is 1.73. The van der Waals surface area contributed by atoms with Crippen molar-refractivity contribution in [1.29, 1.82) is 0 Å². The first-order chi connectivity index (χ1) is 12.9. The quantitative estimate of drug-likeness (QED) is 0.464. The van der Waals surface area contributed by atoms with Crippen LogP contribution in [0.4, 0.5) is 0 Å². The van der Waals surface area contributed by atoms with Crippen LogP contribution in [-0.2, 0) is 12.0 Å². The standard InChI is InChI=1S/C24H24O3/c1-16-9-11-20-19(15-16)23(21-12-10-17(2)26-21)22(27-20)13-14-24(3,25)18-7-5-4-6-8-18/h4-12,15,25H,13-14H2,1-3H3/t24-/m0/s1. The molecule has 0 fully saturated rings. The number of rotatable bonds is 5. The molecule has 2 aromatic heterocycles. The van der Waals surface area contributed by atoms with Crippen LogP contribution in [0.25, 0.3) is 22.3 Å². The molecule has 0 aliphatic heterocycles. The third kappa shape index (κ3) is 3.43. The van der Waals surface area contributed by atoms with Crippen molar-refractivity contribution in [3.05, 3.63) is 83.3 Å². The molecule has 1 N–H and O–H groups in total. The third-order valence-corrected chi connectivity index (χ3v) is 5.14. The first kappa shape index (κ1) is 17.6. The van der Waals surface area contributed by atoms with Gasteiger partial charge in [-0.1, -0.05) is 42.0 Å². The Morgan fingerprint density at radius 1 is 0.926 bits per heavy atom. The van der Waals surface area contributed by atoms with Gasteiger partial charge in [0, 0.05) is 11.8 Å². The summed E-state index contributed by atoms with van der Waals surface area (Å²) in [6.45, 7) is 5.87. The highest BCUT2D eigenvalue weighted by Gasteiger charge is 2.26. The monoisotopic (exact) mass is 360 g/mol. The number of aryl methyl sites for hydroxylation is 3. The van der Waals surface area contributed by atoms with Crippen molar-refractivity contribution in [2.75, 3.05) is 0 Å². The van der Waals surface area contributed by atoms with Gasteiger partial charge in [-0.2, -0.15) is 0 Å². The van der Waals surface area contributed by atoms with Crippen molar-refractivity contribution in [2.24, 2.45) is 0 Å². The van der Waals surface area contributed by atoms with Gasteiger partial charge in [0.15, 0.2) is 0 Å². The second-order valence-corrected chi connectivity index (χ2v) is 7.45. The van der Waals surface area contributed by atoms with Gasteiger partial charge in [0.05, 0.1) is 11.2 Å². The summed E-state index contributed by atoms with van der Waals surface area (Å²) in [6.07, 6.45) is 1.17. The van der Waals surface area contributed by atoms with Gasteiger partial charge in [-0.3, -0.25) is 0 Å². The lowest BCUT2D eigenvalue weighted by Gasteiger charge is -2.23. The molecule has 0 aliphatic rings. The van der Waals surface area contributed by atoms with Gasteiger partial charge in [0.2, 0.25) is 0 Å². The van der Waals surface area contributed by atoms with E-state index in [1.807, 2.05) is 68.4 Å². The van der Waals surface area contributed by atoms with E-state index in [-0.39, 0.29) is 0 Å². The average molecular weight is 360 g/mol. The molecule has 0 unspecified atom stereocenters. The van der Waals surface area contributed by atoms with Crippen LogP contribution in [0.2, 0.25) is 0 Å². The maximum absolute atomic E-state index is 11.0. The van der Waals surface area contributed by atoms with Gasteiger partial charge in [-0.15, -0.1) is 0 Å². The minimum Gasteiger partial charge on any atom is -0.461 e. The molecule has 2 heterocycles. The number of fused-ring (bicyclic) bond motifs is 1. The molecule has 1 atom stereocenters. The van der Waals surface area contributed by atoms with Crippen LogP contribution >= 0.6 is 0 Å². The molecular weight excluding hydrogens is 336 g/mol. The summed E-state index contributed by atoms with van der Waals surface area (Å²) >= 11 is 0. The lowest BCUT2D eigenvalue weighted by molar-refractivity contribution is 0.0468. The largest absolute Gasteiger partial charge is 0.461 e. The summed E-state index contributed by atoms with van der Waals surface area (Å²) in [5, 5.41) is 12.0. The predicted molar refractivity (Wildman–Crippen MR) is 108 cm³/mol. The number of aliphatic hydroxyl groups is 1. The molecule has 3 nitrogen and oxygen atoms in total. The van der Waals surface area contributed by atoms with Gasteiger partial charge in [0.25, 0.3) is 0 Å². The van der Waals surface area contributed by atoms with Gasteiger partial charge < -0.3 is 13.9 Å². The Labute approximate surface area is 159 Å². The SMILES string of the molecule is Cc1ccc2oc(CC[C@](C)(O)c3ccccc3)c(-c3ccc(C)o3)c2c1. The fourth-order valence-corrected chi connectivity index (χ4v) is 3.58. The highest BCUT2D eigenvalue weighted by molar-refractivity contribution is 5.94. The fraction of sp³-hybridized carbons (Fsp3) is 0.250. The Kier molecular flexibility index (Phi) is 4.40. The van der Waals surface area contributed by atoms with Crippen LogP contribution in [0.1, 0.15) is 36.0 Å². The lowest BCUT2D eigenvalue weighted by Crippen LogP contribution is -2.21. The van der Waals surface area contributed by atoms with Gasteiger partial charge in [-0.25, -0.2) is 0 Å². The average Bonchev–Trinajstić information content (AvgIpc) is 3.23. The van der Waals surface area contributed by atoms with Gasteiger partial charge >= 0.3 is 0 Å².